The van der Waals surface area contributed by atoms with Gasteiger partial charge in [-0.2, -0.15) is 0 Å². The molecule has 0 atom stereocenters. The van der Waals surface area contributed by atoms with E-state index in [9.17, 15) is 9.59 Å². The second kappa shape index (κ2) is 6.72. The van der Waals surface area contributed by atoms with Crippen molar-refractivity contribution in [2.75, 3.05) is 12.4 Å². The normalized spacial score (nSPS) is 10.6. The van der Waals surface area contributed by atoms with E-state index >= 15 is 0 Å². The molecule has 0 unspecified atom stereocenters. The SMILES string of the molecule is COC(=O)c1ccc(Cl)c(NC(=O)Cc2ccc3ncoc3c2)c1. The highest BCUT2D eigenvalue weighted by molar-refractivity contribution is 6.33. The third-order valence-electron chi connectivity index (χ3n) is 3.42. The standard InChI is InChI=1S/C17H13ClN2O4/c1-23-17(22)11-3-4-12(18)14(8-11)20-16(21)7-10-2-5-13-15(6-10)24-9-19-13/h2-6,8-9H,7H2,1H3,(H,20,21). The maximum Gasteiger partial charge on any atom is 0.337 e. The van der Waals surface area contributed by atoms with Gasteiger partial charge >= 0.3 is 5.97 Å². The van der Waals surface area contributed by atoms with Gasteiger partial charge in [-0.15, -0.1) is 0 Å². The number of hydrogen-bond acceptors (Lipinski definition) is 5. The highest BCUT2D eigenvalue weighted by atomic mass is 35.5. The van der Waals surface area contributed by atoms with E-state index in [0.717, 1.165) is 11.1 Å². The Morgan fingerprint density at radius 3 is 2.88 bits per heavy atom. The molecule has 0 fully saturated rings. The van der Waals surface area contributed by atoms with E-state index in [2.05, 4.69) is 15.0 Å². The number of benzene rings is 2. The summed E-state index contributed by atoms with van der Waals surface area (Å²) in [6.45, 7) is 0. The van der Waals surface area contributed by atoms with E-state index < -0.39 is 5.97 Å². The molecule has 7 heteroatoms. The quantitative estimate of drug-likeness (QED) is 0.733. The van der Waals surface area contributed by atoms with Crippen molar-refractivity contribution in [3.63, 3.8) is 0 Å². The first kappa shape index (κ1) is 16.0. The van der Waals surface area contributed by atoms with Gasteiger partial charge in [0.1, 0.15) is 5.52 Å². The van der Waals surface area contributed by atoms with E-state index in [4.69, 9.17) is 16.0 Å². The Labute approximate surface area is 142 Å². The van der Waals surface area contributed by atoms with Gasteiger partial charge in [0.15, 0.2) is 12.0 Å². The molecular weight excluding hydrogens is 332 g/mol. The molecule has 0 saturated heterocycles. The summed E-state index contributed by atoms with van der Waals surface area (Å²) >= 11 is 6.06. The van der Waals surface area contributed by atoms with Crippen LogP contribution < -0.4 is 5.32 Å². The number of nitrogens with zero attached hydrogens (tertiary/aromatic N) is 1. The lowest BCUT2D eigenvalue weighted by Crippen LogP contribution is -2.15. The molecule has 2 aromatic carbocycles. The minimum absolute atomic E-state index is 0.134. The summed E-state index contributed by atoms with van der Waals surface area (Å²) in [5.41, 5.74) is 2.78. The molecule has 0 spiro atoms. The van der Waals surface area contributed by atoms with Crippen LogP contribution in [0.5, 0.6) is 0 Å². The van der Waals surface area contributed by atoms with Crippen molar-refractivity contribution in [2.24, 2.45) is 0 Å². The number of methoxy groups -OCH3 is 1. The summed E-state index contributed by atoms with van der Waals surface area (Å²) in [5, 5.41) is 3.03. The first-order chi connectivity index (χ1) is 11.6. The van der Waals surface area contributed by atoms with Crippen molar-refractivity contribution < 1.29 is 18.7 Å². The fourth-order valence-electron chi connectivity index (χ4n) is 2.26. The maximum absolute atomic E-state index is 12.2. The average Bonchev–Trinajstić information content (AvgIpc) is 3.03. The van der Waals surface area contributed by atoms with Gasteiger partial charge in [-0.3, -0.25) is 4.79 Å². The molecule has 3 rings (SSSR count). The number of rotatable bonds is 4. The predicted octanol–water partition coefficient (Wildman–Crippen LogP) is 3.45. The molecule has 0 saturated carbocycles. The second-order valence-corrected chi connectivity index (χ2v) is 5.47. The number of hydrogen-bond donors (Lipinski definition) is 1. The first-order valence-corrected chi connectivity index (χ1v) is 7.44. The molecule has 0 radical (unpaired) electrons. The third kappa shape index (κ3) is 3.38. The number of amides is 1. The number of carbonyl (C=O) groups excluding carboxylic acids is 2. The van der Waals surface area contributed by atoms with E-state index in [1.807, 2.05) is 0 Å². The van der Waals surface area contributed by atoms with Crippen LogP contribution in [0.15, 0.2) is 47.2 Å². The van der Waals surface area contributed by atoms with Crippen LogP contribution in [0.4, 0.5) is 5.69 Å². The van der Waals surface area contributed by atoms with Crippen molar-refractivity contribution in [3.05, 3.63) is 58.9 Å². The summed E-state index contributed by atoms with van der Waals surface area (Å²) in [4.78, 5) is 27.8. The highest BCUT2D eigenvalue weighted by Gasteiger charge is 2.12. The molecule has 0 bridgehead atoms. The zero-order chi connectivity index (χ0) is 17.1. The number of fused-ring (bicyclic) bond motifs is 1. The van der Waals surface area contributed by atoms with Crippen molar-refractivity contribution in [2.45, 2.75) is 6.42 Å². The van der Waals surface area contributed by atoms with Crippen LogP contribution in [0.2, 0.25) is 5.02 Å². The van der Waals surface area contributed by atoms with Gasteiger partial charge in [0.2, 0.25) is 5.91 Å². The Hall–Kier alpha value is -2.86. The lowest BCUT2D eigenvalue weighted by atomic mass is 10.1. The summed E-state index contributed by atoms with van der Waals surface area (Å²) < 4.78 is 9.87. The van der Waals surface area contributed by atoms with Gasteiger partial charge < -0.3 is 14.5 Å². The largest absolute Gasteiger partial charge is 0.465 e. The monoisotopic (exact) mass is 344 g/mol. The minimum Gasteiger partial charge on any atom is -0.465 e. The summed E-state index contributed by atoms with van der Waals surface area (Å²) in [6.07, 6.45) is 1.49. The number of ether oxygens (including phenoxy) is 1. The van der Waals surface area contributed by atoms with Crippen LogP contribution in [0.1, 0.15) is 15.9 Å². The molecule has 1 N–H and O–H groups in total. The Morgan fingerprint density at radius 1 is 1.25 bits per heavy atom. The minimum atomic E-state index is -0.502. The van der Waals surface area contributed by atoms with Gasteiger partial charge in [-0.1, -0.05) is 17.7 Å². The lowest BCUT2D eigenvalue weighted by molar-refractivity contribution is -0.115. The summed E-state index contributed by atoms with van der Waals surface area (Å²) in [6, 6.07) is 9.88. The molecule has 122 valence electrons. The van der Waals surface area contributed by atoms with Crippen molar-refractivity contribution in [1.82, 2.24) is 4.98 Å². The highest BCUT2D eigenvalue weighted by Crippen LogP contribution is 2.24. The van der Waals surface area contributed by atoms with E-state index in [1.54, 1.807) is 18.2 Å². The maximum atomic E-state index is 12.2. The van der Waals surface area contributed by atoms with Crippen molar-refractivity contribution in [3.8, 4) is 0 Å². The molecule has 1 aromatic heterocycles. The van der Waals surface area contributed by atoms with Crippen LogP contribution in [0, 0.1) is 0 Å². The predicted molar refractivity (Wildman–Crippen MR) is 89.1 cm³/mol. The Kier molecular flexibility index (Phi) is 4.48. The Morgan fingerprint density at radius 2 is 2.08 bits per heavy atom. The zero-order valence-corrected chi connectivity index (χ0v) is 13.5. The van der Waals surface area contributed by atoms with E-state index in [0.29, 0.717) is 21.9 Å². The van der Waals surface area contributed by atoms with Crippen LogP contribution in [0.25, 0.3) is 11.1 Å². The third-order valence-corrected chi connectivity index (χ3v) is 3.75. The first-order valence-electron chi connectivity index (χ1n) is 7.06. The summed E-state index contributed by atoms with van der Waals surface area (Å²) in [5.74, 6) is -0.768. The smallest absolute Gasteiger partial charge is 0.337 e. The second-order valence-electron chi connectivity index (χ2n) is 5.07. The molecule has 0 aliphatic rings. The van der Waals surface area contributed by atoms with Crippen LogP contribution in [-0.2, 0) is 16.0 Å². The number of halogens is 1. The molecule has 0 aliphatic carbocycles. The van der Waals surface area contributed by atoms with Crippen LogP contribution in [-0.4, -0.2) is 24.0 Å². The van der Waals surface area contributed by atoms with Crippen LogP contribution >= 0.6 is 11.6 Å². The number of aromatic nitrogens is 1. The topological polar surface area (TPSA) is 81.4 Å². The molecular formula is C17H13ClN2O4. The van der Waals surface area contributed by atoms with Crippen molar-refractivity contribution in [1.29, 1.82) is 0 Å². The number of esters is 1. The molecule has 0 aliphatic heterocycles. The Bertz CT molecular complexity index is 920. The van der Waals surface area contributed by atoms with Gasteiger partial charge in [-0.05, 0) is 35.9 Å². The van der Waals surface area contributed by atoms with Gasteiger partial charge in [0.05, 0.1) is 29.8 Å². The lowest BCUT2D eigenvalue weighted by Gasteiger charge is -2.09. The molecule has 1 amide bonds. The number of oxazole rings is 1. The fourth-order valence-corrected chi connectivity index (χ4v) is 2.42. The van der Waals surface area contributed by atoms with Crippen molar-refractivity contribution >= 4 is 40.3 Å². The van der Waals surface area contributed by atoms with Gasteiger partial charge in [0.25, 0.3) is 0 Å². The number of anilines is 1. The molecule has 6 nitrogen and oxygen atoms in total. The van der Waals surface area contributed by atoms with Gasteiger partial charge in [0, 0.05) is 0 Å². The average molecular weight is 345 g/mol. The van der Waals surface area contributed by atoms with Crippen LogP contribution in [0.3, 0.4) is 0 Å². The van der Waals surface area contributed by atoms with Gasteiger partial charge in [-0.25, -0.2) is 9.78 Å². The van der Waals surface area contributed by atoms with E-state index in [-0.39, 0.29) is 12.3 Å². The zero-order valence-electron chi connectivity index (χ0n) is 12.7. The fraction of sp³-hybridized carbons (Fsp3) is 0.118. The molecule has 24 heavy (non-hydrogen) atoms. The molecule has 1 heterocycles. The summed E-state index contributed by atoms with van der Waals surface area (Å²) in [7, 11) is 1.29. The Balaban J connectivity index is 1.75. The number of carbonyl (C=O) groups is 2. The number of nitrogens with one attached hydrogen (secondary N) is 1. The molecule has 3 aromatic rings. The van der Waals surface area contributed by atoms with E-state index in [1.165, 1.54) is 31.7 Å².